The molecule has 0 aliphatic carbocycles. The van der Waals surface area contributed by atoms with E-state index in [9.17, 15) is 24.3 Å². The highest BCUT2D eigenvalue weighted by Gasteiger charge is 2.23. The van der Waals surface area contributed by atoms with E-state index in [1.54, 1.807) is 0 Å². The predicted molar refractivity (Wildman–Crippen MR) is 91.1 cm³/mol. The van der Waals surface area contributed by atoms with Crippen molar-refractivity contribution in [2.45, 2.75) is 13.8 Å². The summed E-state index contributed by atoms with van der Waals surface area (Å²) in [4.78, 5) is 44.9. The van der Waals surface area contributed by atoms with Crippen LogP contribution >= 0.6 is 0 Å². The van der Waals surface area contributed by atoms with Crippen molar-refractivity contribution in [3.8, 4) is 11.1 Å². The smallest absolute Gasteiger partial charge is 0.337 e. The van der Waals surface area contributed by atoms with Crippen LogP contribution in [0.1, 0.15) is 55.3 Å². The Balaban J connectivity index is 0.00000163. The molecule has 136 valence electrons. The van der Waals surface area contributed by atoms with E-state index in [0.29, 0.717) is 0 Å². The van der Waals surface area contributed by atoms with Gasteiger partial charge in [-0.05, 0) is 29.3 Å². The lowest BCUT2D eigenvalue weighted by molar-refractivity contribution is 0.0651. The van der Waals surface area contributed by atoms with Gasteiger partial charge in [-0.3, -0.25) is 0 Å². The molecule has 26 heavy (non-hydrogen) atoms. The summed E-state index contributed by atoms with van der Waals surface area (Å²) in [6.07, 6.45) is 0. The largest absolute Gasteiger partial charge is 0.478 e. The lowest BCUT2D eigenvalue weighted by atomic mass is 9.93. The highest BCUT2D eigenvalue weighted by atomic mass is 16.4. The average Bonchev–Trinajstić information content (AvgIpc) is 2.61. The maximum Gasteiger partial charge on any atom is 0.337 e. The summed E-state index contributed by atoms with van der Waals surface area (Å²) in [5.41, 5.74) is -1.90. The first-order valence-corrected chi connectivity index (χ1v) is 7.44. The first-order chi connectivity index (χ1) is 12.2. The molecule has 8 nitrogen and oxygen atoms in total. The summed E-state index contributed by atoms with van der Waals surface area (Å²) in [6.45, 7) is 4.00. The third-order valence-electron chi connectivity index (χ3n) is 3.30. The molecule has 0 spiro atoms. The second-order valence-electron chi connectivity index (χ2n) is 4.71. The molecule has 0 fully saturated rings. The molecule has 0 saturated heterocycles. The standard InChI is InChI=1S/C16H10O8.C2H6/c17-13(18)9-5-4-7(6-11(9)15(21)22)8-2-1-3-10(14(19)20)12(8)16(23)24;1-2/h1-6H,(H,17,18)(H,19,20)(H,21,22)(H,23,24);1-2H3. The molecule has 2 rings (SSSR count). The monoisotopic (exact) mass is 360 g/mol. The molecule has 0 unspecified atom stereocenters. The van der Waals surface area contributed by atoms with E-state index in [0.717, 1.165) is 18.2 Å². The van der Waals surface area contributed by atoms with Gasteiger partial charge in [-0.2, -0.15) is 0 Å². The second kappa shape index (κ2) is 8.43. The molecular weight excluding hydrogens is 344 g/mol. The van der Waals surface area contributed by atoms with Crippen molar-refractivity contribution in [3.63, 3.8) is 0 Å². The van der Waals surface area contributed by atoms with Gasteiger partial charge in [0.25, 0.3) is 0 Å². The van der Waals surface area contributed by atoms with Crippen LogP contribution in [0.2, 0.25) is 0 Å². The van der Waals surface area contributed by atoms with Crippen LogP contribution in [0, 0.1) is 0 Å². The summed E-state index contributed by atoms with van der Waals surface area (Å²) in [6, 6.07) is 7.00. The molecule has 4 N–H and O–H groups in total. The lowest BCUT2D eigenvalue weighted by Gasteiger charge is -2.11. The lowest BCUT2D eigenvalue weighted by Crippen LogP contribution is -2.11. The molecule has 0 radical (unpaired) electrons. The van der Waals surface area contributed by atoms with Gasteiger partial charge < -0.3 is 20.4 Å². The minimum Gasteiger partial charge on any atom is -0.478 e. The SMILES string of the molecule is CC.O=C(O)c1ccc(-c2cccc(C(=O)O)c2C(=O)O)cc1C(=O)O. The van der Waals surface area contributed by atoms with Crippen LogP contribution in [0.4, 0.5) is 0 Å². The van der Waals surface area contributed by atoms with Crippen molar-refractivity contribution < 1.29 is 39.6 Å². The van der Waals surface area contributed by atoms with Gasteiger partial charge in [-0.1, -0.05) is 32.0 Å². The number of rotatable bonds is 5. The van der Waals surface area contributed by atoms with Crippen molar-refractivity contribution in [2.75, 3.05) is 0 Å². The van der Waals surface area contributed by atoms with Crippen LogP contribution in [0.3, 0.4) is 0 Å². The number of hydrogen-bond acceptors (Lipinski definition) is 4. The molecule has 2 aromatic carbocycles. The highest BCUT2D eigenvalue weighted by molar-refractivity contribution is 6.08. The molecule has 0 bridgehead atoms. The van der Waals surface area contributed by atoms with Crippen molar-refractivity contribution in [1.29, 1.82) is 0 Å². The van der Waals surface area contributed by atoms with Crippen LogP contribution in [0.15, 0.2) is 36.4 Å². The van der Waals surface area contributed by atoms with Gasteiger partial charge in [0.2, 0.25) is 0 Å². The Morgan fingerprint density at radius 2 is 1.19 bits per heavy atom. The molecule has 0 saturated carbocycles. The normalized spacial score (nSPS) is 9.62. The van der Waals surface area contributed by atoms with Crippen LogP contribution in [-0.4, -0.2) is 44.3 Å². The van der Waals surface area contributed by atoms with Gasteiger partial charge in [0.1, 0.15) is 0 Å². The van der Waals surface area contributed by atoms with Gasteiger partial charge in [-0.15, -0.1) is 0 Å². The third-order valence-corrected chi connectivity index (χ3v) is 3.30. The number of carboxylic acids is 4. The minimum atomic E-state index is -1.50. The Morgan fingerprint density at radius 3 is 1.65 bits per heavy atom. The van der Waals surface area contributed by atoms with E-state index in [1.807, 2.05) is 13.8 Å². The van der Waals surface area contributed by atoms with E-state index < -0.39 is 46.1 Å². The Labute approximate surface area is 148 Å². The molecule has 0 aliphatic heterocycles. The number of carboxylic acid groups (broad SMARTS) is 4. The van der Waals surface area contributed by atoms with Crippen molar-refractivity contribution >= 4 is 23.9 Å². The maximum absolute atomic E-state index is 11.4. The fourth-order valence-corrected chi connectivity index (χ4v) is 2.28. The number of benzene rings is 2. The van der Waals surface area contributed by atoms with Crippen LogP contribution < -0.4 is 0 Å². The summed E-state index contributed by atoms with van der Waals surface area (Å²) in [5, 5.41) is 36.5. The fourth-order valence-electron chi connectivity index (χ4n) is 2.28. The zero-order chi connectivity index (χ0) is 20.0. The molecular formula is C18H16O8. The predicted octanol–water partition coefficient (Wildman–Crippen LogP) is 3.17. The van der Waals surface area contributed by atoms with Gasteiger partial charge >= 0.3 is 23.9 Å². The summed E-state index contributed by atoms with van der Waals surface area (Å²) >= 11 is 0. The Morgan fingerprint density at radius 1 is 0.654 bits per heavy atom. The molecule has 0 aliphatic rings. The van der Waals surface area contributed by atoms with Gasteiger partial charge in [0, 0.05) is 0 Å². The van der Waals surface area contributed by atoms with E-state index in [2.05, 4.69) is 0 Å². The molecule has 0 aromatic heterocycles. The average molecular weight is 360 g/mol. The maximum atomic E-state index is 11.4. The first kappa shape index (κ1) is 20.4. The summed E-state index contributed by atoms with van der Waals surface area (Å²) in [5.74, 6) is -5.89. The Bertz CT molecular complexity index is 883. The number of hydrogen-bond donors (Lipinski definition) is 4. The molecule has 8 heteroatoms. The van der Waals surface area contributed by atoms with Crippen molar-refractivity contribution in [3.05, 3.63) is 58.7 Å². The third kappa shape index (κ3) is 4.04. The van der Waals surface area contributed by atoms with E-state index in [1.165, 1.54) is 18.2 Å². The Hall–Kier alpha value is -3.68. The molecule has 0 atom stereocenters. The van der Waals surface area contributed by atoms with Gasteiger partial charge in [-0.25, -0.2) is 19.2 Å². The summed E-state index contributed by atoms with van der Waals surface area (Å²) in [7, 11) is 0. The molecule has 0 heterocycles. The zero-order valence-corrected chi connectivity index (χ0v) is 13.9. The summed E-state index contributed by atoms with van der Waals surface area (Å²) < 4.78 is 0. The van der Waals surface area contributed by atoms with E-state index >= 15 is 0 Å². The Kier molecular flexibility index (Phi) is 6.60. The minimum absolute atomic E-state index is 0.0261. The topological polar surface area (TPSA) is 149 Å². The van der Waals surface area contributed by atoms with Crippen LogP contribution in [0.5, 0.6) is 0 Å². The van der Waals surface area contributed by atoms with E-state index in [-0.39, 0.29) is 11.1 Å². The second-order valence-corrected chi connectivity index (χ2v) is 4.71. The highest BCUT2D eigenvalue weighted by Crippen LogP contribution is 2.28. The van der Waals surface area contributed by atoms with Crippen molar-refractivity contribution in [2.24, 2.45) is 0 Å². The number of carbonyl (C=O) groups is 4. The molecule has 2 aromatic rings. The van der Waals surface area contributed by atoms with Crippen LogP contribution in [-0.2, 0) is 0 Å². The first-order valence-electron chi connectivity index (χ1n) is 7.44. The van der Waals surface area contributed by atoms with Crippen molar-refractivity contribution in [1.82, 2.24) is 0 Å². The zero-order valence-electron chi connectivity index (χ0n) is 13.9. The van der Waals surface area contributed by atoms with E-state index in [4.69, 9.17) is 15.3 Å². The number of aromatic carboxylic acids is 4. The fraction of sp³-hybridized carbons (Fsp3) is 0.111. The molecule has 0 amide bonds. The van der Waals surface area contributed by atoms with Crippen LogP contribution in [0.25, 0.3) is 11.1 Å². The van der Waals surface area contributed by atoms with Gasteiger partial charge in [0.05, 0.1) is 22.3 Å². The van der Waals surface area contributed by atoms with Gasteiger partial charge in [0.15, 0.2) is 0 Å². The quantitative estimate of drug-likeness (QED) is 0.635.